The number of benzene rings is 1. The molecule has 16 heavy (non-hydrogen) atoms. The van der Waals surface area contributed by atoms with E-state index in [1.54, 1.807) is 18.2 Å². The predicted molar refractivity (Wildman–Crippen MR) is 64.7 cm³/mol. The first-order valence-electron chi connectivity index (χ1n) is 5.39. The summed E-state index contributed by atoms with van der Waals surface area (Å²) in [5.74, 6) is 0. The zero-order valence-electron chi connectivity index (χ0n) is 9.44. The molecule has 3 N–H and O–H groups in total. The van der Waals surface area contributed by atoms with Crippen LogP contribution in [0.4, 0.5) is 0 Å². The maximum atomic E-state index is 11.8. The minimum atomic E-state index is -3.37. The van der Waals surface area contributed by atoms with Crippen LogP contribution in [0.15, 0.2) is 29.2 Å². The third kappa shape index (κ3) is 3.59. The molecule has 0 aliphatic heterocycles. The van der Waals surface area contributed by atoms with Gasteiger partial charge in [-0.25, -0.2) is 13.1 Å². The SMILES string of the molecule is CCc1cccc(S(=O)(=O)NCCCN)c1. The first-order valence-corrected chi connectivity index (χ1v) is 6.87. The fraction of sp³-hybridized carbons (Fsp3) is 0.455. The van der Waals surface area contributed by atoms with Gasteiger partial charge in [0.25, 0.3) is 0 Å². The molecule has 0 saturated heterocycles. The number of sulfonamides is 1. The summed E-state index contributed by atoms with van der Waals surface area (Å²) in [5.41, 5.74) is 6.32. The molecule has 0 heterocycles. The van der Waals surface area contributed by atoms with Crippen molar-refractivity contribution in [2.45, 2.75) is 24.7 Å². The van der Waals surface area contributed by atoms with Crippen LogP contribution in [0.5, 0.6) is 0 Å². The molecule has 1 aromatic carbocycles. The Morgan fingerprint density at radius 2 is 2.12 bits per heavy atom. The molecule has 0 radical (unpaired) electrons. The van der Waals surface area contributed by atoms with Gasteiger partial charge in [0.05, 0.1) is 4.90 Å². The smallest absolute Gasteiger partial charge is 0.240 e. The fourth-order valence-electron chi connectivity index (χ4n) is 1.32. The molecule has 1 aromatic rings. The molecule has 4 nitrogen and oxygen atoms in total. The fourth-order valence-corrected chi connectivity index (χ4v) is 2.47. The summed E-state index contributed by atoms with van der Waals surface area (Å²) < 4.78 is 26.2. The van der Waals surface area contributed by atoms with Gasteiger partial charge in [0.15, 0.2) is 0 Å². The summed E-state index contributed by atoms with van der Waals surface area (Å²) in [6, 6.07) is 6.98. The molecule has 1 rings (SSSR count). The Morgan fingerprint density at radius 3 is 2.75 bits per heavy atom. The van der Waals surface area contributed by atoms with E-state index in [-0.39, 0.29) is 0 Å². The Kier molecular flexibility index (Phi) is 4.92. The molecule has 0 fully saturated rings. The minimum Gasteiger partial charge on any atom is -0.330 e. The molecule has 90 valence electrons. The second-order valence-electron chi connectivity index (χ2n) is 3.54. The van der Waals surface area contributed by atoms with E-state index in [2.05, 4.69) is 4.72 Å². The number of aryl methyl sites for hydroxylation is 1. The quantitative estimate of drug-likeness (QED) is 0.727. The Bertz CT molecular complexity index is 429. The van der Waals surface area contributed by atoms with E-state index in [4.69, 9.17) is 5.73 Å². The zero-order valence-corrected chi connectivity index (χ0v) is 10.3. The van der Waals surface area contributed by atoms with Gasteiger partial charge in [0.1, 0.15) is 0 Å². The Hall–Kier alpha value is -0.910. The van der Waals surface area contributed by atoms with Gasteiger partial charge in [0, 0.05) is 6.54 Å². The molecule has 0 aromatic heterocycles. The molecule has 0 unspecified atom stereocenters. The van der Waals surface area contributed by atoms with E-state index >= 15 is 0 Å². The van der Waals surface area contributed by atoms with E-state index < -0.39 is 10.0 Å². The lowest BCUT2D eigenvalue weighted by molar-refractivity contribution is 0.579. The molecule has 0 atom stereocenters. The van der Waals surface area contributed by atoms with Crippen molar-refractivity contribution in [1.29, 1.82) is 0 Å². The van der Waals surface area contributed by atoms with E-state index in [9.17, 15) is 8.42 Å². The molecular formula is C11H18N2O2S. The van der Waals surface area contributed by atoms with E-state index in [1.807, 2.05) is 13.0 Å². The van der Waals surface area contributed by atoms with Crippen molar-refractivity contribution >= 4 is 10.0 Å². The Morgan fingerprint density at radius 1 is 1.38 bits per heavy atom. The highest BCUT2D eigenvalue weighted by Gasteiger charge is 2.12. The van der Waals surface area contributed by atoms with Crippen molar-refractivity contribution in [2.24, 2.45) is 5.73 Å². The third-order valence-electron chi connectivity index (χ3n) is 2.29. The van der Waals surface area contributed by atoms with Crippen LogP contribution < -0.4 is 10.5 Å². The zero-order chi connectivity index (χ0) is 12.0. The van der Waals surface area contributed by atoms with Gasteiger partial charge in [0.2, 0.25) is 10.0 Å². The number of nitrogens with two attached hydrogens (primary N) is 1. The Labute approximate surface area is 96.9 Å². The monoisotopic (exact) mass is 242 g/mol. The highest BCUT2D eigenvalue weighted by atomic mass is 32.2. The van der Waals surface area contributed by atoms with E-state index in [0.717, 1.165) is 12.0 Å². The van der Waals surface area contributed by atoms with Gasteiger partial charge in [-0.1, -0.05) is 19.1 Å². The van der Waals surface area contributed by atoms with Crippen LogP contribution in [0.2, 0.25) is 0 Å². The number of nitrogens with one attached hydrogen (secondary N) is 1. The number of rotatable bonds is 6. The molecule has 0 aliphatic rings. The van der Waals surface area contributed by atoms with Crippen LogP contribution in [0.25, 0.3) is 0 Å². The lowest BCUT2D eigenvalue weighted by Gasteiger charge is -2.07. The van der Waals surface area contributed by atoms with Gasteiger partial charge in [-0.2, -0.15) is 0 Å². The summed E-state index contributed by atoms with van der Waals surface area (Å²) in [6.45, 7) is 2.86. The average Bonchev–Trinajstić information content (AvgIpc) is 2.29. The van der Waals surface area contributed by atoms with Crippen LogP contribution in [0.1, 0.15) is 18.9 Å². The van der Waals surface area contributed by atoms with E-state index in [1.165, 1.54) is 0 Å². The predicted octanol–water partition coefficient (Wildman–Crippen LogP) is 0.876. The minimum absolute atomic E-state index is 0.323. The van der Waals surface area contributed by atoms with Crippen molar-refractivity contribution in [2.75, 3.05) is 13.1 Å². The Balaban J connectivity index is 2.81. The molecule has 0 amide bonds. The van der Waals surface area contributed by atoms with Gasteiger partial charge >= 0.3 is 0 Å². The van der Waals surface area contributed by atoms with E-state index in [0.29, 0.717) is 24.4 Å². The highest BCUT2D eigenvalue weighted by molar-refractivity contribution is 7.89. The maximum absolute atomic E-state index is 11.8. The van der Waals surface area contributed by atoms with Crippen LogP contribution in [-0.2, 0) is 16.4 Å². The van der Waals surface area contributed by atoms with Gasteiger partial charge in [-0.3, -0.25) is 0 Å². The first kappa shape index (κ1) is 13.2. The van der Waals surface area contributed by atoms with Gasteiger partial charge in [-0.15, -0.1) is 0 Å². The van der Waals surface area contributed by atoms with Gasteiger partial charge < -0.3 is 5.73 Å². The second-order valence-corrected chi connectivity index (χ2v) is 5.31. The van der Waals surface area contributed by atoms with Crippen molar-refractivity contribution < 1.29 is 8.42 Å². The van der Waals surface area contributed by atoms with Crippen molar-refractivity contribution in [3.05, 3.63) is 29.8 Å². The summed E-state index contributed by atoms with van der Waals surface area (Å²) >= 11 is 0. The number of hydrogen-bond donors (Lipinski definition) is 2. The van der Waals surface area contributed by atoms with Gasteiger partial charge in [-0.05, 0) is 37.1 Å². The number of hydrogen-bond acceptors (Lipinski definition) is 3. The molecule has 0 spiro atoms. The summed E-state index contributed by atoms with van der Waals surface area (Å²) in [5, 5.41) is 0. The largest absolute Gasteiger partial charge is 0.330 e. The highest BCUT2D eigenvalue weighted by Crippen LogP contribution is 2.11. The molecule has 5 heteroatoms. The topological polar surface area (TPSA) is 72.2 Å². The lowest BCUT2D eigenvalue weighted by atomic mass is 10.2. The maximum Gasteiger partial charge on any atom is 0.240 e. The normalized spacial score (nSPS) is 11.6. The van der Waals surface area contributed by atoms with Crippen LogP contribution in [-0.4, -0.2) is 21.5 Å². The van der Waals surface area contributed by atoms with Crippen LogP contribution >= 0.6 is 0 Å². The molecule has 0 aliphatic carbocycles. The average molecular weight is 242 g/mol. The summed E-state index contributed by atoms with van der Waals surface area (Å²) in [7, 11) is -3.37. The molecule has 0 saturated carbocycles. The summed E-state index contributed by atoms with van der Waals surface area (Å²) in [6.07, 6.45) is 1.47. The van der Waals surface area contributed by atoms with Crippen molar-refractivity contribution in [3.8, 4) is 0 Å². The molecule has 0 bridgehead atoms. The van der Waals surface area contributed by atoms with Crippen molar-refractivity contribution in [1.82, 2.24) is 4.72 Å². The molecular weight excluding hydrogens is 224 g/mol. The van der Waals surface area contributed by atoms with Crippen molar-refractivity contribution in [3.63, 3.8) is 0 Å². The van der Waals surface area contributed by atoms with Crippen LogP contribution in [0, 0.1) is 0 Å². The lowest BCUT2D eigenvalue weighted by Crippen LogP contribution is -2.26. The first-order chi connectivity index (χ1) is 7.60. The summed E-state index contributed by atoms with van der Waals surface area (Å²) in [4.78, 5) is 0.323. The second kappa shape index (κ2) is 5.98. The van der Waals surface area contributed by atoms with Crippen LogP contribution in [0.3, 0.4) is 0 Å². The standard InChI is InChI=1S/C11H18N2O2S/c1-2-10-5-3-6-11(9-10)16(14,15)13-8-4-7-12/h3,5-6,9,13H,2,4,7-8,12H2,1H3. The third-order valence-corrected chi connectivity index (χ3v) is 3.75.